The van der Waals surface area contributed by atoms with Crippen molar-refractivity contribution in [3.63, 3.8) is 0 Å². The van der Waals surface area contributed by atoms with Gasteiger partial charge in [0.2, 0.25) is 5.89 Å². The molecule has 0 unspecified atom stereocenters. The fourth-order valence-electron chi connectivity index (χ4n) is 3.38. The van der Waals surface area contributed by atoms with Crippen LogP contribution in [0.15, 0.2) is 53.3 Å². The molecule has 0 bridgehead atoms. The first-order valence-electron chi connectivity index (χ1n) is 8.62. The maximum absolute atomic E-state index is 5.97. The highest BCUT2D eigenvalue weighted by molar-refractivity contribution is 5.57. The molecular weight excluding hydrogens is 316 g/mol. The maximum atomic E-state index is 5.97. The van der Waals surface area contributed by atoms with E-state index >= 15 is 0 Å². The van der Waals surface area contributed by atoms with Crippen LogP contribution in [0.1, 0.15) is 18.7 Å². The molecule has 1 fully saturated rings. The molecule has 4 rings (SSSR count). The summed E-state index contributed by atoms with van der Waals surface area (Å²) in [7, 11) is 1.66. The Labute approximate surface area is 147 Å². The fraction of sp³-hybridized carbons (Fsp3) is 0.368. The molecule has 3 aromatic rings. The molecule has 0 aliphatic carbocycles. The lowest BCUT2D eigenvalue weighted by Crippen LogP contribution is -2.32. The van der Waals surface area contributed by atoms with Gasteiger partial charge in [0.05, 0.1) is 26.4 Å². The highest BCUT2D eigenvalue weighted by Gasteiger charge is 2.26. The van der Waals surface area contributed by atoms with Crippen LogP contribution in [0.25, 0.3) is 11.3 Å². The van der Waals surface area contributed by atoms with Crippen LogP contribution in [0, 0.1) is 0 Å². The fourth-order valence-corrected chi connectivity index (χ4v) is 3.38. The average Bonchev–Trinajstić information content (AvgIpc) is 3.39. The van der Waals surface area contributed by atoms with Gasteiger partial charge in [-0.15, -0.1) is 0 Å². The molecule has 1 aromatic carbocycles. The number of ether oxygens (including phenoxy) is 1. The summed E-state index contributed by atoms with van der Waals surface area (Å²) in [5.41, 5.74) is 1.01. The van der Waals surface area contributed by atoms with E-state index in [4.69, 9.17) is 9.15 Å². The van der Waals surface area contributed by atoms with Crippen molar-refractivity contribution >= 4 is 0 Å². The minimum atomic E-state index is 0.483. The summed E-state index contributed by atoms with van der Waals surface area (Å²) in [5, 5.41) is 4.32. The van der Waals surface area contributed by atoms with Gasteiger partial charge in [-0.05, 0) is 49.7 Å². The molecule has 3 heterocycles. The third-order valence-electron chi connectivity index (χ3n) is 4.72. The number of oxazole rings is 1. The smallest absolute Gasteiger partial charge is 0.209 e. The monoisotopic (exact) mass is 338 g/mol. The largest absolute Gasteiger partial charge is 0.497 e. The molecule has 1 saturated heterocycles. The molecule has 25 heavy (non-hydrogen) atoms. The molecule has 130 valence electrons. The lowest BCUT2D eigenvalue weighted by molar-refractivity contribution is 0.200. The van der Waals surface area contributed by atoms with Crippen molar-refractivity contribution < 1.29 is 9.15 Å². The van der Waals surface area contributed by atoms with Gasteiger partial charge < -0.3 is 9.15 Å². The predicted octanol–water partition coefficient (Wildman–Crippen LogP) is 3.21. The number of methoxy groups -OCH3 is 1. The SMILES string of the molecule is COc1ccc(-c2cnc(CN3CCC[C@H]3Cn3cccn3)o2)cc1. The lowest BCUT2D eigenvalue weighted by Gasteiger charge is -2.22. The highest BCUT2D eigenvalue weighted by atomic mass is 16.5. The van der Waals surface area contributed by atoms with E-state index in [1.54, 1.807) is 13.3 Å². The molecule has 1 atom stereocenters. The number of hydrogen-bond acceptors (Lipinski definition) is 5. The van der Waals surface area contributed by atoms with Gasteiger partial charge in [-0.25, -0.2) is 4.98 Å². The second kappa shape index (κ2) is 7.11. The summed E-state index contributed by atoms with van der Waals surface area (Å²) in [6, 6.07) is 10.3. The van der Waals surface area contributed by atoms with Crippen LogP contribution < -0.4 is 4.74 Å². The molecule has 1 aliphatic rings. The molecule has 6 heteroatoms. The Balaban J connectivity index is 1.43. The Hall–Kier alpha value is -2.60. The number of hydrogen-bond donors (Lipinski definition) is 0. The zero-order chi connectivity index (χ0) is 17.1. The number of rotatable bonds is 6. The minimum Gasteiger partial charge on any atom is -0.497 e. The summed E-state index contributed by atoms with van der Waals surface area (Å²) in [6.07, 6.45) is 8.04. The van der Waals surface area contributed by atoms with E-state index in [-0.39, 0.29) is 0 Å². The number of benzene rings is 1. The first-order chi connectivity index (χ1) is 12.3. The first kappa shape index (κ1) is 15.9. The van der Waals surface area contributed by atoms with Crippen LogP contribution in [0.2, 0.25) is 0 Å². The van der Waals surface area contributed by atoms with Gasteiger partial charge in [0.15, 0.2) is 5.76 Å². The van der Waals surface area contributed by atoms with Crippen molar-refractivity contribution in [2.24, 2.45) is 0 Å². The van der Waals surface area contributed by atoms with Crippen LogP contribution in [0.4, 0.5) is 0 Å². The van der Waals surface area contributed by atoms with E-state index in [9.17, 15) is 0 Å². The molecule has 0 saturated carbocycles. The average molecular weight is 338 g/mol. The molecule has 0 N–H and O–H groups in total. The van der Waals surface area contributed by atoms with E-state index in [0.29, 0.717) is 6.04 Å². The Kier molecular flexibility index (Phi) is 4.52. The Bertz CT molecular complexity index is 795. The van der Waals surface area contributed by atoms with Crippen molar-refractivity contribution in [2.75, 3.05) is 13.7 Å². The molecule has 1 aliphatic heterocycles. The van der Waals surface area contributed by atoms with Gasteiger partial charge in [-0.1, -0.05) is 0 Å². The van der Waals surface area contributed by atoms with E-state index in [2.05, 4.69) is 15.0 Å². The second-order valence-corrected chi connectivity index (χ2v) is 6.34. The van der Waals surface area contributed by atoms with E-state index in [1.807, 2.05) is 47.4 Å². The number of aromatic nitrogens is 3. The maximum Gasteiger partial charge on any atom is 0.209 e. The van der Waals surface area contributed by atoms with Gasteiger partial charge in [-0.2, -0.15) is 5.10 Å². The molecular formula is C19H22N4O2. The zero-order valence-corrected chi connectivity index (χ0v) is 14.3. The number of likely N-dealkylation sites (tertiary alicyclic amines) is 1. The highest BCUT2D eigenvalue weighted by Crippen LogP contribution is 2.25. The van der Waals surface area contributed by atoms with Crippen LogP contribution in [0.5, 0.6) is 5.75 Å². The summed E-state index contributed by atoms with van der Waals surface area (Å²) in [6.45, 7) is 2.73. The predicted molar refractivity (Wildman–Crippen MR) is 94.2 cm³/mol. The van der Waals surface area contributed by atoms with Crippen LogP contribution in [-0.2, 0) is 13.1 Å². The topological polar surface area (TPSA) is 56.3 Å². The Morgan fingerprint density at radius 3 is 2.92 bits per heavy atom. The van der Waals surface area contributed by atoms with E-state index < -0.39 is 0 Å². The minimum absolute atomic E-state index is 0.483. The van der Waals surface area contributed by atoms with Gasteiger partial charge in [0, 0.05) is 24.0 Å². The van der Waals surface area contributed by atoms with E-state index in [1.165, 1.54) is 12.8 Å². The van der Waals surface area contributed by atoms with Crippen molar-refractivity contribution in [1.82, 2.24) is 19.7 Å². The van der Waals surface area contributed by atoms with Gasteiger partial charge >= 0.3 is 0 Å². The quantitative estimate of drug-likeness (QED) is 0.691. The molecule has 0 spiro atoms. The van der Waals surface area contributed by atoms with Crippen LogP contribution >= 0.6 is 0 Å². The zero-order valence-electron chi connectivity index (χ0n) is 14.3. The molecule has 2 aromatic heterocycles. The van der Waals surface area contributed by atoms with Crippen molar-refractivity contribution in [1.29, 1.82) is 0 Å². The third-order valence-corrected chi connectivity index (χ3v) is 4.72. The van der Waals surface area contributed by atoms with Crippen molar-refractivity contribution in [3.8, 4) is 17.1 Å². The molecule has 6 nitrogen and oxygen atoms in total. The number of nitrogens with zero attached hydrogens (tertiary/aromatic N) is 4. The van der Waals surface area contributed by atoms with Crippen LogP contribution in [-0.4, -0.2) is 39.4 Å². The normalized spacial score (nSPS) is 17.9. The molecule has 0 radical (unpaired) electrons. The Morgan fingerprint density at radius 2 is 2.16 bits per heavy atom. The Morgan fingerprint density at radius 1 is 1.28 bits per heavy atom. The van der Waals surface area contributed by atoms with Crippen LogP contribution in [0.3, 0.4) is 0 Å². The standard InChI is InChI=1S/C19H22N4O2/c1-24-17-7-5-15(6-8-17)18-12-20-19(25-18)14-22-10-2-4-16(22)13-23-11-3-9-21-23/h3,5-9,11-12,16H,2,4,10,13-14H2,1H3/t16-/m0/s1. The summed E-state index contributed by atoms with van der Waals surface area (Å²) in [5.74, 6) is 2.39. The van der Waals surface area contributed by atoms with Gasteiger partial charge in [-0.3, -0.25) is 9.58 Å². The second-order valence-electron chi connectivity index (χ2n) is 6.34. The summed E-state index contributed by atoms with van der Waals surface area (Å²) in [4.78, 5) is 6.90. The van der Waals surface area contributed by atoms with Crippen molar-refractivity contribution in [3.05, 3.63) is 54.8 Å². The lowest BCUT2D eigenvalue weighted by atomic mass is 10.2. The first-order valence-corrected chi connectivity index (χ1v) is 8.62. The van der Waals surface area contributed by atoms with Gasteiger partial charge in [0.1, 0.15) is 5.75 Å². The van der Waals surface area contributed by atoms with E-state index in [0.717, 1.165) is 42.6 Å². The summed E-state index contributed by atoms with van der Waals surface area (Å²) < 4.78 is 13.2. The van der Waals surface area contributed by atoms with Gasteiger partial charge in [0.25, 0.3) is 0 Å². The molecule has 0 amide bonds. The summed E-state index contributed by atoms with van der Waals surface area (Å²) >= 11 is 0. The van der Waals surface area contributed by atoms with Crippen molar-refractivity contribution in [2.45, 2.75) is 32.0 Å². The third kappa shape index (κ3) is 3.58.